The Bertz CT molecular complexity index is 5760. The van der Waals surface area contributed by atoms with Crippen molar-refractivity contribution < 1.29 is 59.4 Å². The van der Waals surface area contributed by atoms with Crippen molar-refractivity contribution in [1.82, 2.24) is 74.8 Å². The molecule has 36 heteroatoms. The number of nitrogens with one attached hydrogen (secondary N) is 15. The molecular formula is C90H90N24O12. The molecule has 0 spiro atoms. The number of H-pyrrole nitrogens is 6. The minimum absolute atomic E-state index is 0.0427. The molecule has 0 radical (unpaired) electrons. The zero-order chi connectivity index (χ0) is 87.6. The number of anilines is 9. The molecule has 0 bridgehead atoms. The first kappa shape index (κ1) is 83.5. The summed E-state index contributed by atoms with van der Waals surface area (Å²) >= 11 is 0. The number of hydrogen-bond donors (Lipinski definition) is 21. The second kappa shape index (κ2) is 37.0. The Hall–Kier alpha value is -16.2. The molecule has 0 amide bonds. The Balaban J connectivity index is 0.801. The zero-order valence-electron chi connectivity index (χ0n) is 68.4. The molecule has 0 aliphatic rings. The van der Waals surface area contributed by atoms with E-state index in [9.17, 15) is 59.4 Å². The zero-order valence-corrected chi connectivity index (χ0v) is 68.4. The highest BCUT2D eigenvalue weighted by atomic mass is 16.4. The van der Waals surface area contributed by atoms with E-state index in [2.05, 4.69) is 92.7 Å². The third-order valence-electron chi connectivity index (χ3n) is 22.6. The molecule has 16 rings (SSSR count). The summed E-state index contributed by atoms with van der Waals surface area (Å²) in [6.45, 7) is 5.69. The molecule has 0 fully saturated rings. The predicted molar refractivity (Wildman–Crippen MR) is 478 cm³/mol. The maximum absolute atomic E-state index is 13.4. The molecule has 6 atom stereocenters. The molecule has 21 N–H and O–H groups in total. The van der Waals surface area contributed by atoms with Crippen LogP contribution in [0.2, 0.25) is 0 Å². The minimum Gasteiger partial charge on any atom is -0.480 e. The summed E-state index contributed by atoms with van der Waals surface area (Å²) in [6, 6.07) is 36.7. The number of nitrogens with zero attached hydrogens (tertiary/aromatic N) is 9. The first-order valence-corrected chi connectivity index (χ1v) is 41.1. The molecule has 0 saturated heterocycles. The van der Waals surface area contributed by atoms with Gasteiger partial charge in [0.05, 0.1) is 0 Å². The molecule has 16 aromatic rings. The van der Waals surface area contributed by atoms with Gasteiger partial charge < -0.3 is 108 Å². The Morgan fingerprint density at radius 2 is 0.405 bits per heavy atom. The summed E-state index contributed by atoms with van der Waals surface area (Å²) in [7, 11) is 0. The number of aliphatic carboxylic acids is 6. The average Bonchev–Trinajstić information content (AvgIpc) is 1.49. The van der Waals surface area contributed by atoms with E-state index in [1.807, 2.05) is 166 Å². The monoisotopic (exact) mass is 1700 g/mol. The van der Waals surface area contributed by atoms with Crippen molar-refractivity contribution in [3.05, 3.63) is 250 Å². The molecule has 0 aliphatic carbocycles. The number of aromatic nitrogens is 15. The van der Waals surface area contributed by atoms with E-state index in [0.717, 1.165) is 82.1 Å². The largest absolute Gasteiger partial charge is 0.480 e. The van der Waals surface area contributed by atoms with Crippen LogP contribution in [0.5, 0.6) is 0 Å². The van der Waals surface area contributed by atoms with Crippen molar-refractivity contribution in [2.24, 2.45) is 0 Å². The number of benzene rings is 7. The summed E-state index contributed by atoms with van der Waals surface area (Å²) in [5.74, 6) is -9.10. The SMILES string of the molecule is CCc1c(CNc2nc(N[C@@H](Cc3c[nH]c4ccccc34)C(=O)O)nc(N[C@H](Cc3c[nH]c4ccccc34)C(=O)O)n2)c(CC)c(CNc2nc(N[C@@H](Cc3c[nH]c4ccccc34)C(=O)O)nc(N[C@H](Cc3c[nH]c4ccccc34)C(=O)O)n2)c(CC)c1CNc1nc(N[C@@H](Cc2c[nH]c3ccccc23)C(=O)O)nc(N[C@H](Cc2c[nH]c3ccccc23)C(=O)O)n1. The van der Waals surface area contributed by atoms with E-state index in [1.54, 1.807) is 37.2 Å². The van der Waals surface area contributed by atoms with Gasteiger partial charge in [-0.1, -0.05) is 130 Å². The van der Waals surface area contributed by atoms with Crippen molar-refractivity contribution >= 4 is 155 Å². The van der Waals surface area contributed by atoms with Crippen LogP contribution in [-0.4, -0.2) is 177 Å². The van der Waals surface area contributed by atoms with Crippen molar-refractivity contribution in [3.8, 4) is 0 Å². The molecule has 0 unspecified atom stereocenters. The highest BCUT2D eigenvalue weighted by molar-refractivity contribution is 5.91. The van der Waals surface area contributed by atoms with Crippen molar-refractivity contribution in [1.29, 1.82) is 0 Å². The lowest BCUT2D eigenvalue weighted by atomic mass is 9.83. The number of carboxylic acids is 6. The smallest absolute Gasteiger partial charge is 0.326 e. The summed E-state index contributed by atoms with van der Waals surface area (Å²) in [5.41, 5.74) is 13.3. The maximum atomic E-state index is 13.4. The van der Waals surface area contributed by atoms with Gasteiger partial charge in [-0.25, -0.2) is 28.8 Å². The Morgan fingerprint density at radius 3 is 0.563 bits per heavy atom. The fourth-order valence-corrected chi connectivity index (χ4v) is 16.5. The van der Waals surface area contributed by atoms with Crippen LogP contribution in [0.4, 0.5) is 53.5 Å². The predicted octanol–water partition coefficient (Wildman–Crippen LogP) is 12.3. The normalized spacial score (nSPS) is 13.0. The minimum atomic E-state index is -1.34. The highest BCUT2D eigenvalue weighted by Gasteiger charge is 2.32. The van der Waals surface area contributed by atoms with Gasteiger partial charge in [-0.05, 0) is 122 Å². The van der Waals surface area contributed by atoms with Gasteiger partial charge in [0.25, 0.3) is 0 Å². The van der Waals surface area contributed by atoms with E-state index >= 15 is 0 Å². The molecule has 9 heterocycles. The number of para-hydroxylation sites is 6. The number of carboxylic acid groups (broad SMARTS) is 6. The first-order valence-electron chi connectivity index (χ1n) is 41.1. The molecule has 126 heavy (non-hydrogen) atoms. The van der Waals surface area contributed by atoms with Crippen LogP contribution >= 0.6 is 0 Å². The third kappa shape index (κ3) is 18.7. The van der Waals surface area contributed by atoms with E-state index in [0.29, 0.717) is 69.3 Å². The second-order valence-corrected chi connectivity index (χ2v) is 30.5. The molecule has 7 aromatic carbocycles. The molecule has 9 aromatic heterocycles. The lowest BCUT2D eigenvalue weighted by Gasteiger charge is -2.27. The van der Waals surface area contributed by atoms with Gasteiger partial charge in [0, 0.05) is 161 Å². The van der Waals surface area contributed by atoms with Gasteiger partial charge in [0.15, 0.2) is 0 Å². The molecular weight excluding hydrogens is 1610 g/mol. The number of rotatable bonds is 42. The second-order valence-electron chi connectivity index (χ2n) is 30.5. The van der Waals surface area contributed by atoms with Crippen LogP contribution in [0, 0.1) is 0 Å². The quantitative estimate of drug-likeness (QED) is 0.0169. The Labute approximate surface area is 717 Å². The fourth-order valence-electron chi connectivity index (χ4n) is 16.5. The van der Waals surface area contributed by atoms with Crippen LogP contribution in [0.25, 0.3) is 65.4 Å². The van der Waals surface area contributed by atoms with Gasteiger partial charge in [-0.15, -0.1) is 0 Å². The summed E-state index contributed by atoms with van der Waals surface area (Å²) < 4.78 is 0. The van der Waals surface area contributed by atoms with Gasteiger partial charge in [0.2, 0.25) is 53.5 Å². The topological polar surface area (TPSA) is 543 Å². The van der Waals surface area contributed by atoms with E-state index in [-0.39, 0.29) is 112 Å². The fraction of sp³-hybridized carbons (Fsp3) is 0.233. The van der Waals surface area contributed by atoms with Crippen LogP contribution in [0.15, 0.2) is 183 Å². The van der Waals surface area contributed by atoms with Crippen LogP contribution < -0.4 is 47.9 Å². The lowest BCUT2D eigenvalue weighted by Crippen LogP contribution is -2.34. The molecule has 36 nitrogen and oxygen atoms in total. The summed E-state index contributed by atoms with van der Waals surface area (Å²) in [5, 5.41) is 98.9. The van der Waals surface area contributed by atoms with E-state index in [4.69, 9.17) is 29.9 Å². The molecule has 0 aliphatic heterocycles. The molecule has 642 valence electrons. The maximum Gasteiger partial charge on any atom is 0.326 e. The van der Waals surface area contributed by atoms with Gasteiger partial charge >= 0.3 is 35.8 Å². The van der Waals surface area contributed by atoms with Crippen molar-refractivity contribution in [3.63, 3.8) is 0 Å². The Kier molecular flexibility index (Phi) is 24.5. The van der Waals surface area contributed by atoms with Gasteiger partial charge in [0.1, 0.15) is 36.3 Å². The van der Waals surface area contributed by atoms with Crippen LogP contribution in [0.1, 0.15) is 87.5 Å². The van der Waals surface area contributed by atoms with E-state index in [1.165, 1.54) is 0 Å². The summed E-state index contributed by atoms with van der Waals surface area (Å²) in [4.78, 5) is 143. The number of hydrogen-bond acceptors (Lipinski definition) is 24. The standard InChI is InChI=1S/C90H90N24O12/c1-4-52-61(43-97-82-106-85(100-70(76(115)116)31-46-37-91-64-25-13-7-19-55(46)64)112-86(107-82)101-71(77(117)118)32-47-38-92-65-26-14-8-20-56(47)65)53(5-2)63(45-99-84-110-89(104-74(80(123)124)35-50-41-95-68-29-17-11-23-59(50)68)114-90(111-84)105-75(81(125)126)36-51-42-96-69-30-18-12-24-60(51)69)54(6-3)62(52)44-98-83-108-87(102-72(78(119)120)33-48-39-93-66-27-15-9-21-57(48)66)113-88(109-83)103-73(79(121)122)34-49-40-94-67-28-16-10-22-58(49)67/h7-30,37-42,70-75,91-96H,4-6,31-36,43-45H2,1-3H3,(H,115,116)(H,117,118)(H,119,120)(H,121,122)(H,123,124)(H,125,126)(H3,97,100,101,106,107,112)(H3,98,102,103,108,109,113)(H3,99,104,105,110,111,114)/t70-,71+,72-,73+,74-,75+. The first-order chi connectivity index (χ1) is 61.2. The van der Waals surface area contributed by atoms with Gasteiger partial charge in [-0.3, -0.25) is 0 Å². The number of fused-ring (bicyclic) bond motifs is 6. The van der Waals surface area contributed by atoms with Gasteiger partial charge in [-0.2, -0.15) is 44.9 Å². The van der Waals surface area contributed by atoms with Crippen molar-refractivity contribution in [2.45, 2.75) is 134 Å². The number of carbonyl (C=O) groups is 6. The Morgan fingerprint density at radius 1 is 0.246 bits per heavy atom. The third-order valence-corrected chi connectivity index (χ3v) is 22.6. The van der Waals surface area contributed by atoms with Crippen molar-refractivity contribution in [2.75, 3.05) is 47.9 Å². The summed E-state index contributed by atoms with van der Waals surface area (Å²) in [6.07, 6.45) is 11.2. The van der Waals surface area contributed by atoms with E-state index < -0.39 is 72.1 Å². The lowest BCUT2D eigenvalue weighted by molar-refractivity contribution is -0.138. The van der Waals surface area contributed by atoms with Crippen LogP contribution in [-0.2, 0) is 106 Å². The number of aromatic amines is 6. The van der Waals surface area contributed by atoms with Crippen LogP contribution in [0.3, 0.4) is 0 Å². The molecule has 0 saturated carbocycles. The highest BCUT2D eigenvalue weighted by Crippen LogP contribution is 2.35. The average molecular weight is 1700 g/mol.